The maximum atomic E-state index is 14.6. The lowest BCUT2D eigenvalue weighted by Gasteiger charge is -2.47. The van der Waals surface area contributed by atoms with Crippen LogP contribution < -0.4 is 0 Å². The molecule has 10 saturated heterocycles. The van der Waals surface area contributed by atoms with Crippen LogP contribution in [0.2, 0.25) is 36.3 Å². The normalized spacial score (nSPS) is 44.9. The van der Waals surface area contributed by atoms with Gasteiger partial charge in [-0.1, -0.05) is 61.6 Å². The Balaban J connectivity index is 0.993. The van der Waals surface area contributed by atoms with Crippen LogP contribution in [-0.2, 0) is 56.3 Å². The summed E-state index contributed by atoms with van der Waals surface area (Å²) >= 11 is 0. The fourth-order valence-corrected chi connectivity index (χ4v) is 14.8. The van der Waals surface area contributed by atoms with E-state index in [0.717, 1.165) is 56.1 Å². The Morgan fingerprint density at radius 1 is 0.697 bits per heavy atom. The lowest BCUT2D eigenvalue weighted by atomic mass is 9.81. The molecule has 0 aromatic carbocycles. The van der Waals surface area contributed by atoms with Crippen molar-refractivity contribution < 1.29 is 56.3 Å². The van der Waals surface area contributed by atoms with E-state index < -0.39 is 22.4 Å². The summed E-state index contributed by atoms with van der Waals surface area (Å²) in [5.41, 5.74) is 2.25. The number of carbonyl (C=O) groups excluding carboxylic acids is 1. The van der Waals surface area contributed by atoms with E-state index in [1.807, 2.05) is 0 Å². The molecule has 10 rings (SSSR count). The molecule has 19 atom stereocenters. The van der Waals surface area contributed by atoms with Crippen molar-refractivity contribution in [3.8, 4) is 0 Å². The molecule has 10 aliphatic rings. The van der Waals surface area contributed by atoms with E-state index in [9.17, 15) is 4.79 Å². The summed E-state index contributed by atoms with van der Waals surface area (Å²) in [5.74, 6) is -0.554. The standard InChI is InChI=1S/C52H86O12Si2/c1-29-21-33-15-17-38-30(2)22-35(56-38)19-20-52-27-43-46(62-52)47-48(61-43)49(63-52)45-39(60-47)18-16-34(58-45)23-32(53)24-37-41(26-40(57-33)31(29)3)59-42(44(37)54-10)25-36(64-66(13,14)51(7,8)9)28-55-65(11,12)50(4,5)6/h29,33-49H,2-3,15-28H2,1,4-14H3/t29-,33?,34?,35?,36?,37?,38?,39+,40?,41?,42?,43-,44-,45+,46+,47+,48-,49+,52+/m1/s1. The fourth-order valence-electron chi connectivity index (χ4n) is 12.4. The van der Waals surface area contributed by atoms with Gasteiger partial charge in [0.2, 0.25) is 0 Å². The molecule has 1 spiro atoms. The van der Waals surface area contributed by atoms with E-state index in [0.29, 0.717) is 45.1 Å². The van der Waals surface area contributed by atoms with E-state index in [1.54, 1.807) is 7.11 Å². The summed E-state index contributed by atoms with van der Waals surface area (Å²) in [7, 11) is -2.55. The molecular weight excluding hydrogens is 873 g/mol. The van der Waals surface area contributed by atoms with E-state index >= 15 is 0 Å². The predicted octanol–water partition coefficient (Wildman–Crippen LogP) is 9.53. The van der Waals surface area contributed by atoms with Gasteiger partial charge in [0.1, 0.15) is 36.3 Å². The fraction of sp³-hybridized carbons (Fsp3) is 0.904. The topological polar surface area (TPSA) is 119 Å². The van der Waals surface area contributed by atoms with Gasteiger partial charge in [-0.3, -0.25) is 4.79 Å². The van der Waals surface area contributed by atoms with Gasteiger partial charge in [0.15, 0.2) is 22.4 Å². The third-order valence-electron chi connectivity index (χ3n) is 18.4. The zero-order chi connectivity index (χ0) is 47.3. The van der Waals surface area contributed by atoms with Crippen molar-refractivity contribution in [2.24, 2.45) is 11.8 Å². The molecule has 10 fully saturated rings. The number of ether oxygens (including phenoxy) is 9. The lowest BCUT2D eigenvalue weighted by Crippen LogP contribution is -2.61. The third kappa shape index (κ3) is 9.87. The molecule has 12 bridgehead atoms. The zero-order valence-corrected chi connectivity index (χ0v) is 44.6. The SMILES string of the molecule is C=C1CC2CC[C@@]34C[C@H]5O[C@H]6[C@@H](O3)[C@H]3OC(CC[C@@H]3O[C@H]6[C@H]5O4)CC(=O)CC3C(CC4OC(CCC1O2)C[C@@H](C)C4=C)OC(CC(CO[Si](C)(C)C(C)(C)C)O[Si](C)(C)C(C)(C)C)[C@@H]3OC. The number of ketones is 1. The number of rotatable bonds is 8. The molecule has 14 heteroatoms. The number of methoxy groups -OCH3 is 1. The van der Waals surface area contributed by atoms with Gasteiger partial charge in [0, 0.05) is 51.6 Å². The molecule has 0 saturated carbocycles. The van der Waals surface area contributed by atoms with Crippen LogP contribution in [0, 0.1) is 11.8 Å². The van der Waals surface area contributed by atoms with Gasteiger partial charge in [-0.25, -0.2) is 0 Å². The summed E-state index contributed by atoms with van der Waals surface area (Å²) in [4.78, 5) is 14.6. The van der Waals surface area contributed by atoms with Gasteiger partial charge < -0.3 is 51.5 Å². The molecular formula is C52H86O12Si2. The Morgan fingerprint density at radius 3 is 2.09 bits per heavy atom. The first-order chi connectivity index (χ1) is 30.9. The van der Waals surface area contributed by atoms with Crippen molar-refractivity contribution in [1.29, 1.82) is 0 Å². The number of carbonyl (C=O) groups is 1. The maximum Gasteiger partial charge on any atom is 0.192 e. The Kier molecular flexibility index (Phi) is 14.1. The minimum atomic E-state index is -2.22. The summed E-state index contributed by atoms with van der Waals surface area (Å²) in [5, 5.41) is 0.0634. The second-order valence-electron chi connectivity index (χ2n) is 25.1. The number of Topliss-reactive ketones (excluding diaryl/α,β-unsaturated/α-hetero) is 1. The van der Waals surface area contributed by atoms with Crippen molar-refractivity contribution >= 4 is 22.4 Å². The van der Waals surface area contributed by atoms with Gasteiger partial charge >= 0.3 is 0 Å². The molecule has 0 radical (unpaired) electrons. The molecule has 10 heterocycles. The van der Waals surface area contributed by atoms with Crippen LogP contribution in [0.4, 0.5) is 0 Å². The van der Waals surface area contributed by atoms with Crippen LogP contribution in [0.25, 0.3) is 0 Å². The lowest BCUT2D eigenvalue weighted by molar-refractivity contribution is -0.292. The van der Waals surface area contributed by atoms with Gasteiger partial charge in [-0.2, -0.15) is 0 Å². The Bertz CT molecular complexity index is 1790. The highest BCUT2D eigenvalue weighted by atomic mass is 28.4. The third-order valence-corrected chi connectivity index (χ3v) is 27.4. The molecule has 12 nitrogen and oxygen atoms in total. The molecule has 66 heavy (non-hydrogen) atoms. The van der Waals surface area contributed by atoms with E-state index in [1.165, 1.54) is 0 Å². The largest absolute Gasteiger partial charge is 0.414 e. The minimum Gasteiger partial charge on any atom is -0.414 e. The Labute approximate surface area is 398 Å². The van der Waals surface area contributed by atoms with Gasteiger partial charge in [-0.05, 0) is 98.3 Å². The predicted molar refractivity (Wildman–Crippen MR) is 256 cm³/mol. The first-order valence-corrected chi connectivity index (χ1v) is 31.8. The average Bonchev–Trinajstić information content (AvgIpc) is 3.90. The summed E-state index contributed by atoms with van der Waals surface area (Å²) in [6.45, 7) is 34.8. The van der Waals surface area contributed by atoms with Crippen LogP contribution in [0.3, 0.4) is 0 Å². The van der Waals surface area contributed by atoms with Gasteiger partial charge in [0.05, 0.1) is 73.8 Å². The van der Waals surface area contributed by atoms with Crippen LogP contribution in [-0.4, -0.2) is 140 Å². The van der Waals surface area contributed by atoms with Gasteiger partial charge in [-0.15, -0.1) is 0 Å². The van der Waals surface area contributed by atoms with Crippen molar-refractivity contribution in [3.63, 3.8) is 0 Å². The maximum absolute atomic E-state index is 14.6. The second kappa shape index (κ2) is 18.6. The molecule has 0 aromatic heterocycles. The average molecular weight is 959 g/mol. The van der Waals surface area contributed by atoms with E-state index in [2.05, 4.69) is 87.8 Å². The number of hydrogen-bond acceptors (Lipinski definition) is 12. The highest BCUT2D eigenvalue weighted by Gasteiger charge is 2.69. The van der Waals surface area contributed by atoms with Crippen molar-refractivity contribution in [2.75, 3.05) is 13.7 Å². The van der Waals surface area contributed by atoms with E-state index in [-0.39, 0.29) is 125 Å². The summed E-state index contributed by atoms with van der Waals surface area (Å²) < 4.78 is 76.0. The first-order valence-electron chi connectivity index (χ1n) is 25.9. The molecule has 0 aromatic rings. The van der Waals surface area contributed by atoms with Crippen LogP contribution >= 0.6 is 0 Å². The van der Waals surface area contributed by atoms with Crippen LogP contribution in [0.15, 0.2) is 24.3 Å². The Morgan fingerprint density at radius 2 is 1.36 bits per heavy atom. The number of hydrogen-bond donors (Lipinski definition) is 0. The van der Waals surface area contributed by atoms with Crippen LogP contribution in [0.1, 0.15) is 132 Å². The Hall–Kier alpha value is -0.856. The van der Waals surface area contributed by atoms with Crippen LogP contribution in [0.5, 0.6) is 0 Å². The minimum absolute atomic E-state index is 0.00884. The quantitative estimate of drug-likeness (QED) is 0.170. The monoisotopic (exact) mass is 959 g/mol. The molecule has 0 amide bonds. The van der Waals surface area contributed by atoms with Crippen molar-refractivity contribution in [3.05, 3.63) is 24.3 Å². The molecule has 0 N–H and O–H groups in total. The van der Waals surface area contributed by atoms with Gasteiger partial charge in [0.25, 0.3) is 0 Å². The van der Waals surface area contributed by atoms with Crippen molar-refractivity contribution in [2.45, 2.75) is 272 Å². The second-order valence-corrected chi connectivity index (χ2v) is 34.7. The van der Waals surface area contributed by atoms with E-state index in [4.69, 9.17) is 51.5 Å². The smallest absolute Gasteiger partial charge is 0.192 e. The summed E-state index contributed by atoms with van der Waals surface area (Å²) in [6.07, 6.45) is 5.96. The number of fused-ring (bicyclic) bond motifs is 6. The molecule has 10 aliphatic heterocycles. The highest BCUT2D eigenvalue weighted by Crippen LogP contribution is 2.55. The first kappa shape index (κ1) is 50.1. The molecule has 0 aliphatic carbocycles. The van der Waals surface area contributed by atoms with Crippen molar-refractivity contribution in [1.82, 2.24) is 0 Å². The summed E-state index contributed by atoms with van der Waals surface area (Å²) in [6, 6.07) is 0. The zero-order valence-electron chi connectivity index (χ0n) is 42.6. The molecule has 374 valence electrons. The highest BCUT2D eigenvalue weighted by molar-refractivity contribution is 6.74. The molecule has 9 unspecified atom stereocenters.